The molecular formula is C19H25NO3. The first-order valence-corrected chi connectivity index (χ1v) is 7.73. The third-order valence-corrected chi connectivity index (χ3v) is 3.81. The molecule has 0 spiro atoms. The first-order valence-electron chi connectivity index (χ1n) is 7.73. The Morgan fingerprint density at radius 1 is 1.13 bits per heavy atom. The van der Waals surface area contributed by atoms with Crippen LogP contribution in [0.2, 0.25) is 0 Å². The number of methoxy groups -OCH3 is 1. The van der Waals surface area contributed by atoms with Gasteiger partial charge in [-0.1, -0.05) is 6.07 Å². The lowest BCUT2D eigenvalue weighted by atomic mass is 10.1. The van der Waals surface area contributed by atoms with Crippen LogP contribution in [0.25, 0.3) is 0 Å². The molecule has 1 aromatic carbocycles. The smallest absolute Gasteiger partial charge is 0.202 e. The Morgan fingerprint density at radius 2 is 1.78 bits per heavy atom. The van der Waals surface area contributed by atoms with E-state index in [9.17, 15) is 4.79 Å². The van der Waals surface area contributed by atoms with Gasteiger partial charge in [0.25, 0.3) is 0 Å². The van der Waals surface area contributed by atoms with Gasteiger partial charge < -0.3 is 14.0 Å². The molecule has 1 heterocycles. The van der Waals surface area contributed by atoms with Gasteiger partial charge in [-0.2, -0.15) is 0 Å². The Hall–Kier alpha value is -2.23. The van der Waals surface area contributed by atoms with Gasteiger partial charge in [-0.15, -0.1) is 0 Å². The molecule has 23 heavy (non-hydrogen) atoms. The average molecular weight is 315 g/mol. The van der Waals surface area contributed by atoms with Gasteiger partial charge >= 0.3 is 0 Å². The second kappa shape index (κ2) is 6.49. The number of benzene rings is 1. The topological polar surface area (TPSA) is 40.5 Å². The molecule has 0 atom stereocenters. The number of hydrogen-bond donors (Lipinski definition) is 0. The molecule has 4 nitrogen and oxygen atoms in total. The summed E-state index contributed by atoms with van der Waals surface area (Å²) in [6.45, 7) is 10.4. The van der Waals surface area contributed by atoms with Crippen molar-refractivity contribution in [3.63, 3.8) is 0 Å². The van der Waals surface area contributed by atoms with E-state index >= 15 is 0 Å². The minimum Gasteiger partial charge on any atom is -0.497 e. The monoisotopic (exact) mass is 315 g/mol. The summed E-state index contributed by atoms with van der Waals surface area (Å²) in [4.78, 5) is 12.5. The highest BCUT2D eigenvalue weighted by atomic mass is 16.5. The van der Waals surface area contributed by atoms with E-state index in [4.69, 9.17) is 9.47 Å². The van der Waals surface area contributed by atoms with Crippen LogP contribution in [0.3, 0.4) is 0 Å². The Kier molecular flexibility index (Phi) is 4.83. The zero-order valence-electron chi connectivity index (χ0n) is 14.8. The Labute approximate surface area is 138 Å². The number of carbonyl (C=O) groups excluding carboxylic acids is 1. The molecule has 0 aliphatic heterocycles. The number of hydrogen-bond acceptors (Lipinski definition) is 3. The molecule has 2 aromatic rings. The molecule has 2 rings (SSSR count). The summed E-state index contributed by atoms with van der Waals surface area (Å²) < 4.78 is 13.0. The quantitative estimate of drug-likeness (QED) is 0.779. The molecule has 0 N–H and O–H groups in total. The minimum absolute atomic E-state index is 0.0155. The lowest BCUT2D eigenvalue weighted by Crippen LogP contribution is -2.24. The molecule has 0 unspecified atom stereocenters. The lowest BCUT2D eigenvalue weighted by Gasteiger charge is -2.25. The molecule has 0 aliphatic carbocycles. The van der Waals surface area contributed by atoms with Crippen LogP contribution in [0.5, 0.6) is 11.5 Å². The third kappa shape index (κ3) is 3.76. The van der Waals surface area contributed by atoms with Crippen LogP contribution in [-0.4, -0.2) is 24.1 Å². The van der Waals surface area contributed by atoms with Gasteiger partial charge in [0.05, 0.1) is 7.11 Å². The van der Waals surface area contributed by atoms with Crippen molar-refractivity contribution >= 4 is 5.78 Å². The second-order valence-corrected chi connectivity index (χ2v) is 6.68. The second-order valence-electron chi connectivity index (χ2n) is 6.68. The van der Waals surface area contributed by atoms with Gasteiger partial charge in [-0.05, 0) is 52.8 Å². The molecule has 124 valence electrons. The molecule has 1 aromatic heterocycles. The van der Waals surface area contributed by atoms with E-state index in [2.05, 4.69) is 25.3 Å². The highest BCUT2D eigenvalue weighted by Crippen LogP contribution is 2.25. The first-order chi connectivity index (χ1) is 10.7. The van der Waals surface area contributed by atoms with Crippen molar-refractivity contribution in [2.24, 2.45) is 0 Å². The molecule has 0 radical (unpaired) electrons. The Morgan fingerprint density at radius 3 is 2.35 bits per heavy atom. The predicted octanol–water partition coefficient (Wildman–Crippen LogP) is 4.13. The summed E-state index contributed by atoms with van der Waals surface area (Å²) in [7, 11) is 1.60. The summed E-state index contributed by atoms with van der Waals surface area (Å²) in [5.74, 6) is 1.32. The van der Waals surface area contributed by atoms with Gasteiger partial charge in [0.15, 0.2) is 6.61 Å². The average Bonchev–Trinajstić information content (AvgIpc) is 2.79. The van der Waals surface area contributed by atoms with Crippen molar-refractivity contribution in [3.05, 3.63) is 47.3 Å². The van der Waals surface area contributed by atoms with Crippen molar-refractivity contribution in [1.82, 2.24) is 4.57 Å². The summed E-state index contributed by atoms with van der Waals surface area (Å²) in [5.41, 5.74) is 2.73. The SMILES string of the molecule is COc1cccc(OCC(=O)c2cc(C)n(C(C)(C)C)c2C)c1. The first kappa shape index (κ1) is 17.1. The summed E-state index contributed by atoms with van der Waals surface area (Å²) in [6, 6.07) is 9.20. The maximum atomic E-state index is 12.5. The molecule has 0 saturated heterocycles. The lowest BCUT2D eigenvalue weighted by molar-refractivity contribution is 0.0920. The van der Waals surface area contributed by atoms with E-state index in [1.165, 1.54) is 0 Å². The number of ether oxygens (including phenoxy) is 2. The van der Waals surface area contributed by atoms with Crippen molar-refractivity contribution in [3.8, 4) is 11.5 Å². The molecule has 0 bridgehead atoms. The summed E-state index contributed by atoms with van der Waals surface area (Å²) in [6.07, 6.45) is 0. The maximum Gasteiger partial charge on any atom is 0.202 e. The van der Waals surface area contributed by atoms with Gasteiger partial charge in [-0.3, -0.25) is 4.79 Å². The summed E-state index contributed by atoms with van der Waals surface area (Å²) in [5, 5.41) is 0. The number of Topliss-reactive ketones (excluding diaryl/α,β-unsaturated/α-hetero) is 1. The fourth-order valence-electron chi connectivity index (χ4n) is 2.99. The maximum absolute atomic E-state index is 12.5. The van der Waals surface area contributed by atoms with Crippen molar-refractivity contribution < 1.29 is 14.3 Å². The number of aromatic nitrogens is 1. The highest BCUT2D eigenvalue weighted by molar-refractivity contribution is 5.98. The molecule has 0 amide bonds. The predicted molar refractivity (Wildman–Crippen MR) is 91.7 cm³/mol. The summed E-state index contributed by atoms with van der Waals surface area (Å²) >= 11 is 0. The van der Waals surface area contributed by atoms with Crippen LogP contribution in [-0.2, 0) is 5.54 Å². The largest absolute Gasteiger partial charge is 0.497 e. The van der Waals surface area contributed by atoms with Crippen LogP contribution in [0.4, 0.5) is 0 Å². The van der Waals surface area contributed by atoms with Crippen molar-refractivity contribution in [1.29, 1.82) is 0 Å². The molecular weight excluding hydrogens is 290 g/mol. The van der Waals surface area contributed by atoms with E-state index in [0.29, 0.717) is 11.5 Å². The van der Waals surface area contributed by atoms with Crippen molar-refractivity contribution in [2.45, 2.75) is 40.2 Å². The molecule has 0 aliphatic rings. The zero-order chi connectivity index (χ0) is 17.2. The van der Waals surface area contributed by atoms with E-state index in [1.54, 1.807) is 13.2 Å². The fraction of sp³-hybridized carbons (Fsp3) is 0.421. The number of rotatable bonds is 5. The Balaban J connectivity index is 2.15. The molecule has 0 saturated carbocycles. The normalized spacial score (nSPS) is 11.4. The standard InChI is InChI=1S/C19H25NO3/c1-13-10-17(14(2)20(13)19(3,4)5)18(21)12-23-16-9-7-8-15(11-16)22-6/h7-11H,12H2,1-6H3. The zero-order valence-corrected chi connectivity index (χ0v) is 14.8. The fourth-order valence-corrected chi connectivity index (χ4v) is 2.99. The minimum atomic E-state index is -0.0552. The number of nitrogens with zero attached hydrogens (tertiary/aromatic N) is 1. The van der Waals surface area contributed by atoms with E-state index in [0.717, 1.165) is 17.0 Å². The molecule has 4 heteroatoms. The van der Waals surface area contributed by atoms with Gasteiger partial charge in [-0.25, -0.2) is 0 Å². The molecule has 0 fully saturated rings. The van der Waals surface area contributed by atoms with E-state index in [-0.39, 0.29) is 17.9 Å². The third-order valence-electron chi connectivity index (χ3n) is 3.81. The van der Waals surface area contributed by atoms with Gasteiger partial charge in [0.2, 0.25) is 5.78 Å². The van der Waals surface area contributed by atoms with Crippen LogP contribution in [0.1, 0.15) is 42.5 Å². The number of ketones is 1. The van der Waals surface area contributed by atoms with Crippen LogP contribution >= 0.6 is 0 Å². The van der Waals surface area contributed by atoms with Crippen LogP contribution in [0, 0.1) is 13.8 Å². The van der Waals surface area contributed by atoms with Crippen molar-refractivity contribution in [2.75, 3.05) is 13.7 Å². The number of aryl methyl sites for hydroxylation is 1. The number of carbonyl (C=O) groups is 1. The van der Waals surface area contributed by atoms with E-state index in [1.807, 2.05) is 38.1 Å². The highest BCUT2D eigenvalue weighted by Gasteiger charge is 2.22. The van der Waals surface area contributed by atoms with Gasteiger partial charge in [0.1, 0.15) is 11.5 Å². The van der Waals surface area contributed by atoms with Crippen LogP contribution in [0.15, 0.2) is 30.3 Å². The van der Waals surface area contributed by atoms with Crippen LogP contribution < -0.4 is 9.47 Å². The Bertz CT molecular complexity index is 708. The van der Waals surface area contributed by atoms with E-state index < -0.39 is 0 Å². The van der Waals surface area contributed by atoms with Gasteiger partial charge in [0, 0.05) is 28.6 Å².